The zero-order valence-electron chi connectivity index (χ0n) is 11.9. The van der Waals surface area contributed by atoms with Gasteiger partial charge >= 0.3 is 0 Å². The number of nitrogens with one attached hydrogen (secondary N) is 1. The van der Waals surface area contributed by atoms with Crippen molar-refractivity contribution < 1.29 is 9.13 Å². The minimum atomic E-state index is -0.157. The average molecular weight is 273 g/mol. The molecule has 0 spiro atoms. The van der Waals surface area contributed by atoms with Crippen LogP contribution in [0.3, 0.4) is 0 Å². The highest BCUT2D eigenvalue weighted by atomic mass is 19.1. The van der Waals surface area contributed by atoms with E-state index in [0.717, 1.165) is 24.0 Å². The molecule has 3 heteroatoms. The van der Waals surface area contributed by atoms with Gasteiger partial charge in [-0.25, -0.2) is 4.39 Å². The Balaban J connectivity index is 2.06. The van der Waals surface area contributed by atoms with Crippen LogP contribution in [0.4, 0.5) is 4.39 Å². The van der Waals surface area contributed by atoms with E-state index in [1.54, 1.807) is 6.07 Å². The Morgan fingerprint density at radius 3 is 2.60 bits per heavy atom. The Bertz CT molecular complexity index is 613. The fourth-order valence-corrected chi connectivity index (χ4v) is 3.28. The predicted molar refractivity (Wildman–Crippen MR) is 79.2 cm³/mol. The van der Waals surface area contributed by atoms with Crippen molar-refractivity contribution in [3.63, 3.8) is 0 Å². The Hall–Kier alpha value is -1.45. The van der Waals surface area contributed by atoms with E-state index in [1.165, 1.54) is 0 Å². The average Bonchev–Trinajstić information content (AvgIpc) is 2.89. The molecule has 20 heavy (non-hydrogen) atoms. The summed E-state index contributed by atoms with van der Waals surface area (Å²) in [6.07, 6.45) is 1.35. The third-order valence-corrected chi connectivity index (χ3v) is 4.25. The summed E-state index contributed by atoms with van der Waals surface area (Å²) in [4.78, 5) is 0. The summed E-state index contributed by atoms with van der Waals surface area (Å²) in [6, 6.07) is 11.4. The van der Waals surface area contributed by atoms with Gasteiger partial charge in [0.2, 0.25) is 0 Å². The van der Waals surface area contributed by atoms with Crippen LogP contribution in [0.25, 0.3) is 10.8 Å². The molecule has 1 heterocycles. The minimum absolute atomic E-state index is 0.157. The second-order valence-electron chi connectivity index (χ2n) is 5.59. The zero-order chi connectivity index (χ0) is 14.1. The first-order chi connectivity index (χ1) is 9.70. The monoisotopic (exact) mass is 273 g/mol. The van der Waals surface area contributed by atoms with E-state index < -0.39 is 0 Å². The van der Waals surface area contributed by atoms with Crippen LogP contribution in [0.15, 0.2) is 36.4 Å². The van der Waals surface area contributed by atoms with Crippen molar-refractivity contribution in [2.45, 2.75) is 25.5 Å². The number of rotatable bonds is 3. The second kappa shape index (κ2) is 5.51. The molecule has 0 aliphatic carbocycles. The van der Waals surface area contributed by atoms with Gasteiger partial charge in [0.05, 0.1) is 12.7 Å². The molecule has 2 nitrogen and oxygen atoms in total. The van der Waals surface area contributed by atoms with E-state index in [-0.39, 0.29) is 11.9 Å². The van der Waals surface area contributed by atoms with E-state index in [0.29, 0.717) is 17.4 Å². The van der Waals surface area contributed by atoms with Crippen molar-refractivity contribution in [1.82, 2.24) is 5.32 Å². The lowest BCUT2D eigenvalue weighted by molar-refractivity contribution is 0.117. The Morgan fingerprint density at radius 1 is 1.20 bits per heavy atom. The van der Waals surface area contributed by atoms with E-state index in [4.69, 9.17) is 4.74 Å². The topological polar surface area (TPSA) is 21.3 Å². The summed E-state index contributed by atoms with van der Waals surface area (Å²) >= 11 is 0. The molecule has 0 radical (unpaired) electrons. The summed E-state index contributed by atoms with van der Waals surface area (Å²) in [5, 5.41) is 5.07. The molecule has 106 valence electrons. The molecule has 1 aliphatic heterocycles. The van der Waals surface area contributed by atoms with Crippen LogP contribution in [0.2, 0.25) is 0 Å². The highest BCUT2D eigenvalue weighted by Gasteiger charge is 2.30. The van der Waals surface area contributed by atoms with Crippen LogP contribution in [0.5, 0.6) is 0 Å². The van der Waals surface area contributed by atoms with Crippen molar-refractivity contribution in [1.29, 1.82) is 0 Å². The van der Waals surface area contributed by atoms with E-state index in [1.807, 2.05) is 37.4 Å². The SMILES string of the molecule is CNC(c1ccc(F)c2ccccc12)C1COC(C)C1. The fourth-order valence-electron chi connectivity index (χ4n) is 3.28. The van der Waals surface area contributed by atoms with Gasteiger partial charge in [0, 0.05) is 17.3 Å². The van der Waals surface area contributed by atoms with Crippen molar-refractivity contribution in [3.05, 3.63) is 47.8 Å². The third-order valence-electron chi connectivity index (χ3n) is 4.25. The Kier molecular flexibility index (Phi) is 3.72. The molecule has 2 aromatic carbocycles. The molecular weight excluding hydrogens is 253 g/mol. The van der Waals surface area contributed by atoms with Gasteiger partial charge in [0.15, 0.2) is 0 Å². The lowest BCUT2D eigenvalue weighted by atomic mass is 9.88. The van der Waals surface area contributed by atoms with Crippen LogP contribution in [-0.4, -0.2) is 19.8 Å². The number of halogens is 1. The van der Waals surface area contributed by atoms with Gasteiger partial charge in [-0.15, -0.1) is 0 Å². The van der Waals surface area contributed by atoms with Gasteiger partial charge < -0.3 is 10.1 Å². The van der Waals surface area contributed by atoms with E-state index >= 15 is 0 Å². The van der Waals surface area contributed by atoms with Crippen molar-refractivity contribution in [3.8, 4) is 0 Å². The molecule has 1 aliphatic rings. The summed E-state index contributed by atoms with van der Waals surface area (Å²) < 4.78 is 19.6. The molecular formula is C17H20FNO. The molecule has 3 rings (SSSR count). The predicted octanol–water partition coefficient (Wildman–Crippen LogP) is 3.66. The zero-order valence-corrected chi connectivity index (χ0v) is 11.9. The van der Waals surface area contributed by atoms with Gasteiger partial charge in [-0.3, -0.25) is 0 Å². The first-order valence-electron chi connectivity index (χ1n) is 7.16. The third kappa shape index (κ3) is 2.32. The maximum absolute atomic E-state index is 13.9. The maximum Gasteiger partial charge on any atom is 0.131 e. The number of fused-ring (bicyclic) bond motifs is 1. The molecule has 0 saturated carbocycles. The molecule has 0 bridgehead atoms. The highest BCUT2D eigenvalue weighted by molar-refractivity contribution is 5.86. The molecule has 1 saturated heterocycles. The molecule has 3 atom stereocenters. The fraction of sp³-hybridized carbons (Fsp3) is 0.412. The number of hydrogen-bond donors (Lipinski definition) is 1. The normalized spacial score (nSPS) is 24.1. The molecule has 1 fully saturated rings. The van der Waals surface area contributed by atoms with Gasteiger partial charge in [-0.2, -0.15) is 0 Å². The number of hydrogen-bond acceptors (Lipinski definition) is 2. The standard InChI is InChI=1S/C17H20FNO/c1-11-9-12(10-20-11)17(19-2)15-7-8-16(18)14-6-4-3-5-13(14)15/h3-8,11-12,17,19H,9-10H2,1-2H3. The Morgan fingerprint density at radius 2 is 1.95 bits per heavy atom. The van der Waals surface area contributed by atoms with Gasteiger partial charge in [0.25, 0.3) is 0 Å². The lowest BCUT2D eigenvalue weighted by Gasteiger charge is -2.24. The van der Waals surface area contributed by atoms with Crippen LogP contribution in [-0.2, 0) is 4.74 Å². The summed E-state index contributed by atoms with van der Waals surface area (Å²) in [5.74, 6) is 0.277. The van der Waals surface area contributed by atoms with E-state index in [2.05, 4.69) is 12.2 Å². The molecule has 0 aromatic heterocycles. The smallest absolute Gasteiger partial charge is 0.131 e. The summed E-state index contributed by atoms with van der Waals surface area (Å²) in [6.45, 7) is 2.87. The van der Waals surface area contributed by atoms with Crippen LogP contribution < -0.4 is 5.32 Å². The van der Waals surface area contributed by atoms with Crippen LogP contribution >= 0.6 is 0 Å². The van der Waals surface area contributed by atoms with Gasteiger partial charge in [0.1, 0.15) is 5.82 Å². The molecule has 2 aromatic rings. The molecule has 1 N–H and O–H groups in total. The quantitative estimate of drug-likeness (QED) is 0.921. The first kappa shape index (κ1) is 13.5. The second-order valence-corrected chi connectivity index (χ2v) is 5.59. The maximum atomic E-state index is 13.9. The van der Waals surface area contributed by atoms with Crippen LogP contribution in [0.1, 0.15) is 24.9 Å². The molecule has 0 amide bonds. The highest BCUT2D eigenvalue weighted by Crippen LogP contribution is 2.35. The largest absolute Gasteiger partial charge is 0.378 e. The number of benzene rings is 2. The van der Waals surface area contributed by atoms with E-state index in [9.17, 15) is 4.39 Å². The lowest BCUT2D eigenvalue weighted by Crippen LogP contribution is -2.26. The van der Waals surface area contributed by atoms with Crippen molar-refractivity contribution in [2.75, 3.05) is 13.7 Å². The minimum Gasteiger partial charge on any atom is -0.378 e. The molecule has 3 unspecified atom stereocenters. The van der Waals surface area contributed by atoms with Gasteiger partial charge in [-0.05, 0) is 37.4 Å². The van der Waals surface area contributed by atoms with Gasteiger partial charge in [-0.1, -0.05) is 30.3 Å². The number of ether oxygens (including phenoxy) is 1. The Labute approximate surface area is 118 Å². The van der Waals surface area contributed by atoms with Crippen molar-refractivity contribution >= 4 is 10.8 Å². The summed E-state index contributed by atoms with van der Waals surface area (Å²) in [5.41, 5.74) is 1.16. The van der Waals surface area contributed by atoms with Crippen molar-refractivity contribution in [2.24, 2.45) is 5.92 Å². The van der Waals surface area contributed by atoms with Crippen LogP contribution in [0, 0.1) is 11.7 Å². The summed E-state index contributed by atoms with van der Waals surface area (Å²) in [7, 11) is 1.96. The first-order valence-corrected chi connectivity index (χ1v) is 7.16.